The van der Waals surface area contributed by atoms with Gasteiger partial charge in [-0.15, -0.1) is 34.2 Å². The van der Waals surface area contributed by atoms with Gasteiger partial charge in [-0.25, -0.2) is 4.99 Å². The standard InChI is InChI=1S/C22H34N6S.HI/c1-17-16-28(13-11-20(17)19-9-6-5-7-10-19)22(23-12-8-14-29-4)24-15-21-26-25-18(2)27(21)3;/h5-7,9-10,17,20H,8,11-16H2,1-4H3,(H,23,24);1H. The van der Waals surface area contributed by atoms with Gasteiger partial charge in [0.05, 0.1) is 0 Å². The molecule has 30 heavy (non-hydrogen) atoms. The number of aryl methyl sites for hydroxylation is 1. The number of nitrogens with zero attached hydrogens (tertiary/aromatic N) is 5. The van der Waals surface area contributed by atoms with E-state index in [4.69, 9.17) is 4.99 Å². The molecule has 2 aromatic rings. The number of rotatable bonds is 7. The van der Waals surface area contributed by atoms with Gasteiger partial charge in [-0.3, -0.25) is 0 Å². The number of hydrogen-bond donors (Lipinski definition) is 1. The molecule has 1 aromatic heterocycles. The maximum atomic E-state index is 4.92. The van der Waals surface area contributed by atoms with Crippen LogP contribution < -0.4 is 5.32 Å². The molecule has 8 heteroatoms. The molecular formula is C22H35IN6S. The SMILES string of the molecule is CSCCCNC(=NCc1nnc(C)n1C)N1CCC(c2ccccc2)C(C)C1.I. The molecule has 1 aliphatic heterocycles. The Bertz CT molecular complexity index is 794. The number of benzene rings is 1. The van der Waals surface area contributed by atoms with Crippen molar-refractivity contribution in [3.8, 4) is 0 Å². The average molecular weight is 543 g/mol. The molecule has 0 amide bonds. The number of piperidine rings is 1. The van der Waals surface area contributed by atoms with E-state index in [1.807, 2.05) is 30.3 Å². The lowest BCUT2D eigenvalue weighted by molar-refractivity contribution is 0.234. The molecule has 3 rings (SSSR count). The molecule has 1 saturated heterocycles. The van der Waals surface area contributed by atoms with Crippen molar-refractivity contribution >= 4 is 41.7 Å². The van der Waals surface area contributed by atoms with E-state index < -0.39 is 0 Å². The van der Waals surface area contributed by atoms with E-state index in [0.717, 1.165) is 55.8 Å². The highest BCUT2D eigenvalue weighted by molar-refractivity contribution is 14.0. The summed E-state index contributed by atoms with van der Waals surface area (Å²) in [6.07, 6.45) is 4.44. The van der Waals surface area contributed by atoms with Gasteiger partial charge in [0.1, 0.15) is 12.4 Å². The fourth-order valence-electron chi connectivity index (χ4n) is 3.95. The fraction of sp³-hybridized carbons (Fsp3) is 0.591. The van der Waals surface area contributed by atoms with Crippen LogP contribution in [-0.4, -0.2) is 57.3 Å². The van der Waals surface area contributed by atoms with Crippen LogP contribution >= 0.6 is 35.7 Å². The first kappa shape index (κ1) is 25.0. The van der Waals surface area contributed by atoms with Gasteiger partial charge in [0.15, 0.2) is 11.8 Å². The largest absolute Gasteiger partial charge is 0.356 e. The van der Waals surface area contributed by atoms with E-state index in [1.165, 1.54) is 5.56 Å². The van der Waals surface area contributed by atoms with Crippen molar-refractivity contribution < 1.29 is 0 Å². The third-order valence-corrected chi connectivity index (χ3v) is 6.49. The summed E-state index contributed by atoms with van der Waals surface area (Å²) >= 11 is 1.89. The number of hydrogen-bond acceptors (Lipinski definition) is 4. The highest BCUT2D eigenvalue weighted by Gasteiger charge is 2.28. The van der Waals surface area contributed by atoms with Crippen molar-refractivity contribution in [2.75, 3.05) is 31.6 Å². The third kappa shape index (κ3) is 6.60. The first-order chi connectivity index (χ1) is 14.1. The number of nitrogens with one attached hydrogen (secondary N) is 1. The number of guanidine groups is 1. The van der Waals surface area contributed by atoms with Crippen LogP contribution in [0.3, 0.4) is 0 Å². The quantitative estimate of drug-likeness (QED) is 0.248. The highest BCUT2D eigenvalue weighted by Crippen LogP contribution is 2.32. The second-order valence-corrected chi connectivity index (χ2v) is 8.85. The normalized spacial score (nSPS) is 19.5. The Balaban J connectivity index is 0.00000320. The summed E-state index contributed by atoms with van der Waals surface area (Å²) in [4.78, 5) is 7.35. The summed E-state index contributed by atoms with van der Waals surface area (Å²) in [6, 6.07) is 10.9. The zero-order valence-corrected chi connectivity index (χ0v) is 21.7. The summed E-state index contributed by atoms with van der Waals surface area (Å²) < 4.78 is 2.01. The Labute approximate surface area is 202 Å². The van der Waals surface area contributed by atoms with E-state index in [-0.39, 0.29) is 24.0 Å². The second kappa shape index (κ2) is 12.5. The number of aliphatic imine (C=N–C) groups is 1. The zero-order chi connectivity index (χ0) is 20.6. The summed E-state index contributed by atoms with van der Waals surface area (Å²) in [7, 11) is 2.00. The van der Waals surface area contributed by atoms with Crippen molar-refractivity contribution in [1.82, 2.24) is 25.0 Å². The van der Waals surface area contributed by atoms with Crippen LogP contribution in [0.1, 0.15) is 42.9 Å². The van der Waals surface area contributed by atoms with E-state index in [9.17, 15) is 0 Å². The smallest absolute Gasteiger partial charge is 0.194 e. The Morgan fingerprint density at radius 3 is 2.67 bits per heavy atom. The number of thioether (sulfide) groups is 1. The molecule has 1 fully saturated rings. The van der Waals surface area contributed by atoms with Gasteiger partial charge in [-0.2, -0.15) is 11.8 Å². The van der Waals surface area contributed by atoms with Crippen LogP contribution in [0.15, 0.2) is 35.3 Å². The molecule has 2 atom stereocenters. The monoisotopic (exact) mass is 542 g/mol. The minimum atomic E-state index is 0. The van der Waals surface area contributed by atoms with Crippen LogP contribution in [0.5, 0.6) is 0 Å². The van der Waals surface area contributed by atoms with Gasteiger partial charge < -0.3 is 14.8 Å². The van der Waals surface area contributed by atoms with Gasteiger partial charge in [0.25, 0.3) is 0 Å². The molecule has 6 nitrogen and oxygen atoms in total. The minimum Gasteiger partial charge on any atom is -0.356 e. The molecule has 166 valence electrons. The molecule has 1 aliphatic rings. The highest BCUT2D eigenvalue weighted by atomic mass is 127. The van der Waals surface area contributed by atoms with Crippen LogP contribution in [0.4, 0.5) is 0 Å². The van der Waals surface area contributed by atoms with Crippen LogP contribution in [0.2, 0.25) is 0 Å². The predicted octanol–water partition coefficient (Wildman–Crippen LogP) is 4.07. The molecule has 2 unspecified atom stereocenters. The molecule has 1 aromatic carbocycles. The van der Waals surface area contributed by atoms with Crippen molar-refractivity contribution in [2.45, 2.75) is 39.2 Å². The average Bonchev–Trinajstić information content (AvgIpc) is 3.06. The predicted molar refractivity (Wildman–Crippen MR) is 138 cm³/mol. The number of likely N-dealkylation sites (tertiary alicyclic amines) is 1. The number of aromatic nitrogens is 3. The second-order valence-electron chi connectivity index (χ2n) is 7.86. The summed E-state index contributed by atoms with van der Waals surface area (Å²) in [5.41, 5.74) is 1.46. The lowest BCUT2D eigenvalue weighted by Gasteiger charge is -2.39. The van der Waals surface area contributed by atoms with E-state index in [2.05, 4.69) is 63.9 Å². The Morgan fingerprint density at radius 1 is 1.27 bits per heavy atom. The minimum absolute atomic E-state index is 0. The van der Waals surface area contributed by atoms with Crippen molar-refractivity contribution in [2.24, 2.45) is 18.0 Å². The fourth-order valence-corrected chi connectivity index (χ4v) is 4.39. The topological polar surface area (TPSA) is 58.3 Å². The summed E-state index contributed by atoms with van der Waals surface area (Å²) in [5.74, 6) is 5.19. The molecule has 0 saturated carbocycles. The Hall–Kier alpha value is -1.29. The molecule has 0 bridgehead atoms. The van der Waals surface area contributed by atoms with Gasteiger partial charge in [-0.1, -0.05) is 37.3 Å². The summed E-state index contributed by atoms with van der Waals surface area (Å²) in [6.45, 7) is 7.88. The summed E-state index contributed by atoms with van der Waals surface area (Å²) in [5, 5.41) is 12.0. The van der Waals surface area contributed by atoms with Gasteiger partial charge in [0.2, 0.25) is 0 Å². The Morgan fingerprint density at radius 2 is 2.03 bits per heavy atom. The molecule has 0 spiro atoms. The van der Waals surface area contributed by atoms with Crippen LogP contribution in [-0.2, 0) is 13.6 Å². The zero-order valence-electron chi connectivity index (χ0n) is 18.5. The van der Waals surface area contributed by atoms with Crippen molar-refractivity contribution in [3.63, 3.8) is 0 Å². The first-order valence-corrected chi connectivity index (χ1v) is 11.9. The molecule has 0 aliphatic carbocycles. The maximum absolute atomic E-state index is 4.92. The van der Waals surface area contributed by atoms with E-state index >= 15 is 0 Å². The van der Waals surface area contributed by atoms with Crippen molar-refractivity contribution in [3.05, 3.63) is 47.5 Å². The van der Waals surface area contributed by atoms with E-state index in [0.29, 0.717) is 18.4 Å². The molecule has 1 N–H and O–H groups in total. The molecule has 2 heterocycles. The van der Waals surface area contributed by atoms with Crippen molar-refractivity contribution in [1.29, 1.82) is 0 Å². The van der Waals surface area contributed by atoms with Gasteiger partial charge in [-0.05, 0) is 49.2 Å². The van der Waals surface area contributed by atoms with E-state index in [1.54, 1.807) is 0 Å². The van der Waals surface area contributed by atoms with Crippen LogP contribution in [0.25, 0.3) is 0 Å². The maximum Gasteiger partial charge on any atom is 0.194 e. The first-order valence-electron chi connectivity index (χ1n) is 10.5. The van der Waals surface area contributed by atoms with Crippen LogP contribution in [0, 0.1) is 12.8 Å². The molecular weight excluding hydrogens is 507 g/mol. The lowest BCUT2D eigenvalue weighted by Crippen LogP contribution is -2.48. The number of halogens is 1. The molecule has 0 radical (unpaired) electrons. The third-order valence-electron chi connectivity index (χ3n) is 5.79. The van der Waals surface area contributed by atoms with Gasteiger partial charge >= 0.3 is 0 Å². The Kier molecular flexibility index (Phi) is 10.4. The van der Waals surface area contributed by atoms with Gasteiger partial charge in [0, 0.05) is 26.7 Å². The lowest BCUT2D eigenvalue weighted by atomic mass is 9.82.